The highest BCUT2D eigenvalue weighted by Gasteiger charge is 2.26. The number of aliphatic hydroxyl groups is 2. The lowest BCUT2D eigenvalue weighted by Gasteiger charge is -2.30. The fourth-order valence-corrected chi connectivity index (χ4v) is 6.28. The van der Waals surface area contributed by atoms with Gasteiger partial charge in [0.15, 0.2) is 0 Å². The van der Waals surface area contributed by atoms with Gasteiger partial charge in [0.25, 0.3) is 0 Å². The van der Waals surface area contributed by atoms with E-state index >= 15 is 0 Å². The summed E-state index contributed by atoms with van der Waals surface area (Å²) in [7, 11) is 0. The number of para-hydroxylation sites is 2. The van der Waals surface area contributed by atoms with Crippen molar-refractivity contribution < 1.29 is 48.8 Å². The van der Waals surface area contributed by atoms with Crippen molar-refractivity contribution in [3.8, 4) is 23.0 Å². The van der Waals surface area contributed by atoms with Crippen LogP contribution in [0.1, 0.15) is 0 Å². The minimum Gasteiger partial charge on any atom is -0.491 e. The zero-order chi connectivity index (χ0) is 31.8. The van der Waals surface area contributed by atoms with E-state index in [0.29, 0.717) is 24.6 Å². The number of ether oxygens (including phenoxy) is 4. The highest BCUT2D eigenvalue weighted by Crippen LogP contribution is 2.18. The monoisotopic (exact) mass is 638 g/mol. The highest BCUT2D eigenvalue weighted by atomic mass is 16.5. The van der Waals surface area contributed by atoms with Crippen LogP contribution in [0.25, 0.3) is 0 Å². The van der Waals surface area contributed by atoms with Crippen molar-refractivity contribution in [1.29, 1.82) is 0 Å². The lowest BCUT2D eigenvalue weighted by molar-refractivity contribution is -1.01. The molecule has 2 saturated heterocycles. The third-order valence-electron chi connectivity index (χ3n) is 9.02. The molecular formula is C36H54N4O6+4. The second-order valence-electron chi connectivity index (χ2n) is 12.6. The molecule has 5 rings (SSSR count). The van der Waals surface area contributed by atoms with E-state index in [9.17, 15) is 10.2 Å². The molecule has 0 aliphatic carbocycles. The second-order valence-corrected chi connectivity index (χ2v) is 12.6. The lowest BCUT2D eigenvalue weighted by atomic mass is 10.2. The van der Waals surface area contributed by atoms with Crippen molar-refractivity contribution in [2.75, 3.05) is 105 Å². The summed E-state index contributed by atoms with van der Waals surface area (Å²) in [6.45, 7) is 13.9. The molecule has 6 N–H and O–H groups in total. The van der Waals surface area contributed by atoms with Gasteiger partial charge < -0.3 is 48.8 Å². The van der Waals surface area contributed by atoms with Crippen LogP contribution in [0.15, 0.2) is 84.9 Å². The molecule has 3 aromatic carbocycles. The molecule has 0 spiro atoms. The second kappa shape index (κ2) is 18.7. The average molecular weight is 639 g/mol. The number of piperazine rings is 2. The maximum atomic E-state index is 10.6. The van der Waals surface area contributed by atoms with Gasteiger partial charge in [-0.2, -0.15) is 0 Å². The minimum atomic E-state index is -0.516. The number of rotatable bonds is 18. The minimum absolute atomic E-state index is 0.266. The molecule has 2 aliphatic rings. The smallest absolute Gasteiger partial charge is 0.137 e. The normalized spacial score (nSPS) is 22.8. The first kappa shape index (κ1) is 34.0. The van der Waals surface area contributed by atoms with Gasteiger partial charge in [-0.1, -0.05) is 36.4 Å². The van der Waals surface area contributed by atoms with E-state index in [4.69, 9.17) is 18.9 Å². The molecule has 2 atom stereocenters. The van der Waals surface area contributed by atoms with Gasteiger partial charge in [0.2, 0.25) is 0 Å². The Morgan fingerprint density at radius 1 is 0.435 bits per heavy atom. The van der Waals surface area contributed by atoms with Crippen molar-refractivity contribution in [3.05, 3.63) is 84.9 Å². The number of aliphatic hydroxyl groups excluding tert-OH is 2. The third-order valence-corrected chi connectivity index (χ3v) is 9.02. The van der Waals surface area contributed by atoms with Crippen LogP contribution in [0.2, 0.25) is 0 Å². The Morgan fingerprint density at radius 2 is 0.761 bits per heavy atom. The Bertz CT molecular complexity index is 1130. The molecule has 0 radical (unpaired) electrons. The molecule has 2 aliphatic heterocycles. The van der Waals surface area contributed by atoms with Crippen LogP contribution in [0.5, 0.6) is 23.0 Å². The third kappa shape index (κ3) is 12.1. The van der Waals surface area contributed by atoms with E-state index in [0.717, 1.165) is 90.2 Å². The predicted molar refractivity (Wildman–Crippen MR) is 176 cm³/mol. The first-order chi connectivity index (χ1) is 22.6. The Morgan fingerprint density at radius 3 is 1.13 bits per heavy atom. The Labute approximate surface area is 273 Å². The number of nitrogens with one attached hydrogen (secondary N) is 4. The molecule has 0 unspecified atom stereocenters. The first-order valence-corrected chi connectivity index (χ1v) is 17.0. The summed E-state index contributed by atoms with van der Waals surface area (Å²) in [5.41, 5.74) is 0. The van der Waals surface area contributed by atoms with Gasteiger partial charge in [0.05, 0.1) is 0 Å². The van der Waals surface area contributed by atoms with Crippen LogP contribution in [0.4, 0.5) is 0 Å². The van der Waals surface area contributed by atoms with E-state index in [1.807, 2.05) is 84.9 Å². The molecule has 0 amide bonds. The first-order valence-electron chi connectivity index (χ1n) is 17.0. The standard InChI is InChI=1S/C36H50N4O6/c41-31(27-39-19-15-37(16-20-39)23-25-43-33-7-3-1-4-8-33)29-45-35-11-13-36(14-12-35)46-30-32(42)28-40-21-17-38(18-22-40)24-26-44-34-9-5-2-6-10-34/h1-14,31-32,41-42H,15-30H2/p+4/t31-,32-/m1/s1. The topological polar surface area (TPSA) is 95.1 Å². The Balaban J connectivity index is 0.886. The van der Waals surface area contributed by atoms with Crippen molar-refractivity contribution >= 4 is 0 Å². The highest BCUT2D eigenvalue weighted by molar-refractivity contribution is 5.31. The molecule has 0 bridgehead atoms. The molecule has 3 aromatic rings. The summed E-state index contributed by atoms with van der Waals surface area (Å²) < 4.78 is 23.4. The van der Waals surface area contributed by atoms with E-state index in [-0.39, 0.29) is 13.2 Å². The van der Waals surface area contributed by atoms with Gasteiger partial charge >= 0.3 is 0 Å². The van der Waals surface area contributed by atoms with Crippen molar-refractivity contribution in [2.24, 2.45) is 0 Å². The van der Waals surface area contributed by atoms with Crippen molar-refractivity contribution in [1.82, 2.24) is 0 Å². The zero-order valence-corrected chi connectivity index (χ0v) is 27.1. The van der Waals surface area contributed by atoms with E-state index < -0.39 is 12.2 Å². The number of benzene rings is 3. The van der Waals surface area contributed by atoms with Crippen LogP contribution in [0.3, 0.4) is 0 Å². The summed E-state index contributed by atoms with van der Waals surface area (Å²) in [5.74, 6) is 3.26. The summed E-state index contributed by atoms with van der Waals surface area (Å²) in [4.78, 5) is 5.96. The number of hydrogen-bond acceptors (Lipinski definition) is 6. The van der Waals surface area contributed by atoms with Crippen LogP contribution in [-0.2, 0) is 0 Å². The largest absolute Gasteiger partial charge is 0.491 e. The molecular weight excluding hydrogens is 584 g/mol. The van der Waals surface area contributed by atoms with Crippen LogP contribution < -0.4 is 38.5 Å². The maximum absolute atomic E-state index is 10.6. The number of hydrogen-bond donors (Lipinski definition) is 6. The predicted octanol–water partition coefficient (Wildman–Crippen LogP) is -3.11. The number of quaternary nitrogens is 4. The van der Waals surface area contributed by atoms with Crippen LogP contribution in [-0.4, -0.2) is 127 Å². The van der Waals surface area contributed by atoms with Gasteiger partial charge in [-0.05, 0) is 48.5 Å². The van der Waals surface area contributed by atoms with Gasteiger partial charge in [-0.15, -0.1) is 0 Å². The van der Waals surface area contributed by atoms with E-state index in [2.05, 4.69) is 0 Å². The van der Waals surface area contributed by atoms with E-state index in [1.54, 1.807) is 9.80 Å². The Kier molecular flexibility index (Phi) is 13.8. The van der Waals surface area contributed by atoms with Gasteiger partial charge in [0, 0.05) is 0 Å². The Hall–Kier alpha value is -3.38. The van der Waals surface area contributed by atoms with Crippen LogP contribution in [0, 0.1) is 0 Å². The summed E-state index contributed by atoms with van der Waals surface area (Å²) in [6, 6.07) is 27.4. The fourth-order valence-electron chi connectivity index (χ4n) is 6.28. The molecule has 0 saturated carbocycles. The molecule has 10 heteroatoms. The molecule has 0 aromatic heterocycles. The molecule has 2 heterocycles. The quantitative estimate of drug-likeness (QED) is 0.0885. The molecule has 10 nitrogen and oxygen atoms in total. The van der Waals surface area contributed by atoms with Crippen molar-refractivity contribution in [3.63, 3.8) is 0 Å². The van der Waals surface area contributed by atoms with Gasteiger partial charge in [-0.3, -0.25) is 0 Å². The maximum Gasteiger partial charge on any atom is 0.137 e. The summed E-state index contributed by atoms with van der Waals surface area (Å²) >= 11 is 0. The van der Waals surface area contributed by atoms with Gasteiger partial charge in [0.1, 0.15) is 140 Å². The lowest BCUT2D eigenvalue weighted by Crippen LogP contribution is -3.28. The SMILES string of the molecule is O[C@@H](COc1ccc(OC[C@H](O)C[NH+]2CC[NH+](CCOc3ccccc3)CC2)cc1)C[NH+]1CC[NH+](CCOc2ccccc2)CC1. The van der Waals surface area contributed by atoms with Crippen molar-refractivity contribution in [2.45, 2.75) is 12.2 Å². The molecule has 46 heavy (non-hydrogen) atoms. The van der Waals surface area contributed by atoms with E-state index in [1.165, 1.54) is 9.80 Å². The van der Waals surface area contributed by atoms with Crippen LogP contribution >= 0.6 is 0 Å². The molecule has 2 fully saturated rings. The zero-order valence-electron chi connectivity index (χ0n) is 27.1. The molecule has 250 valence electrons. The average Bonchev–Trinajstić information content (AvgIpc) is 3.09. The summed E-state index contributed by atoms with van der Waals surface area (Å²) in [5, 5.41) is 21.2. The fraction of sp³-hybridized carbons (Fsp3) is 0.500. The summed E-state index contributed by atoms with van der Waals surface area (Å²) in [6.07, 6.45) is -1.03. The van der Waals surface area contributed by atoms with Gasteiger partial charge in [-0.25, -0.2) is 0 Å².